The minimum absolute atomic E-state index is 0.00880. The molecule has 0 aliphatic carbocycles. The predicted molar refractivity (Wildman–Crippen MR) is 119 cm³/mol. The fraction of sp³-hybridized carbons (Fsp3) is 0.208. The molecule has 0 spiro atoms. The highest BCUT2D eigenvalue weighted by Gasteiger charge is 2.23. The average molecular weight is 453 g/mol. The Balaban J connectivity index is 1.72. The van der Waals surface area contributed by atoms with Crippen LogP contribution in [0.1, 0.15) is 53.8 Å². The number of benzene rings is 2. The molecular formula is C24H21F2N3O4. The first-order chi connectivity index (χ1) is 15.5. The van der Waals surface area contributed by atoms with E-state index in [-0.39, 0.29) is 16.7 Å². The number of amides is 1. The van der Waals surface area contributed by atoms with Crippen molar-refractivity contribution >= 4 is 28.5 Å². The molecule has 2 aromatic heterocycles. The summed E-state index contributed by atoms with van der Waals surface area (Å²) in [6, 6.07) is 11.7. The molecule has 0 atom stereocenters. The maximum atomic E-state index is 12.9. The molecule has 0 bridgehead atoms. The van der Waals surface area contributed by atoms with Crippen molar-refractivity contribution in [3.63, 3.8) is 0 Å². The van der Waals surface area contributed by atoms with Crippen LogP contribution in [0.3, 0.4) is 0 Å². The molecule has 4 rings (SSSR count). The van der Waals surface area contributed by atoms with Crippen LogP contribution in [0.15, 0.2) is 59.3 Å². The summed E-state index contributed by atoms with van der Waals surface area (Å²) < 4.78 is 31.7. The topological polar surface area (TPSA) is 97.4 Å². The number of hydrogen-bond donors (Lipinski definition) is 2. The van der Waals surface area contributed by atoms with Gasteiger partial charge >= 0.3 is 12.5 Å². The first-order valence-electron chi connectivity index (χ1n) is 10.1. The van der Waals surface area contributed by atoms with Gasteiger partial charge in [-0.1, -0.05) is 39.0 Å². The Bertz CT molecular complexity index is 1350. The first kappa shape index (κ1) is 22.2. The second-order valence-electron chi connectivity index (χ2n) is 8.59. The number of nitrogens with zero attached hydrogens (tertiary/aromatic N) is 2. The summed E-state index contributed by atoms with van der Waals surface area (Å²) in [5.74, 6) is -2.28. The normalized spacial score (nSPS) is 11.8. The Hall–Kier alpha value is -4.01. The lowest BCUT2D eigenvalue weighted by molar-refractivity contribution is 0.0566. The lowest BCUT2D eigenvalue weighted by atomic mass is 9.87. The van der Waals surface area contributed by atoms with Gasteiger partial charge in [0.05, 0.1) is 6.20 Å². The van der Waals surface area contributed by atoms with Crippen molar-refractivity contribution in [2.45, 2.75) is 32.7 Å². The number of anilines is 1. The molecule has 0 unspecified atom stereocenters. The number of furan rings is 1. The van der Waals surface area contributed by atoms with Gasteiger partial charge in [0.15, 0.2) is 0 Å². The molecule has 0 saturated carbocycles. The molecule has 1 amide bonds. The first-order valence-corrected chi connectivity index (χ1v) is 10.1. The third-order valence-electron chi connectivity index (χ3n) is 5.27. The number of carbonyl (C=O) groups is 2. The number of carboxylic acid groups (broad SMARTS) is 1. The van der Waals surface area contributed by atoms with E-state index >= 15 is 0 Å². The van der Waals surface area contributed by atoms with E-state index in [9.17, 15) is 23.5 Å². The van der Waals surface area contributed by atoms with Crippen molar-refractivity contribution < 1.29 is 27.9 Å². The summed E-state index contributed by atoms with van der Waals surface area (Å²) in [6.07, 6.45) is 2.46. The zero-order chi connectivity index (χ0) is 23.9. The standard InChI is InChI=1S/C24H21F2N3O4/c1-24(2,3)16-7-4-13(5-8-16)21(30)28-19-17-10-14(15-11-27-29(12-15)23(25)26)6-9-18(17)33-20(19)22(31)32/h4-12,23H,1-3H3,(H,28,30)(H,31,32). The fourth-order valence-electron chi connectivity index (χ4n) is 3.45. The van der Waals surface area contributed by atoms with Crippen LogP contribution < -0.4 is 5.32 Å². The van der Waals surface area contributed by atoms with Gasteiger partial charge in [-0.15, -0.1) is 0 Å². The predicted octanol–water partition coefficient (Wildman–Crippen LogP) is 5.94. The van der Waals surface area contributed by atoms with Gasteiger partial charge in [0.2, 0.25) is 5.76 Å². The van der Waals surface area contributed by atoms with Crippen molar-refractivity contribution in [1.29, 1.82) is 0 Å². The second kappa shape index (κ2) is 8.16. The number of aromatic carboxylic acids is 1. The van der Waals surface area contributed by atoms with Crippen LogP contribution in [0.2, 0.25) is 0 Å². The van der Waals surface area contributed by atoms with Crippen LogP contribution >= 0.6 is 0 Å². The van der Waals surface area contributed by atoms with Crippen LogP contribution in [0.5, 0.6) is 0 Å². The zero-order valence-corrected chi connectivity index (χ0v) is 18.1. The maximum Gasteiger partial charge on any atom is 0.374 e. The number of aromatic nitrogens is 2. The number of carboxylic acids is 1. The molecule has 2 heterocycles. The Morgan fingerprint density at radius 3 is 2.36 bits per heavy atom. The second-order valence-corrected chi connectivity index (χ2v) is 8.59. The number of nitrogens with one attached hydrogen (secondary N) is 1. The minimum Gasteiger partial charge on any atom is -0.475 e. The Morgan fingerprint density at radius 2 is 1.79 bits per heavy atom. The summed E-state index contributed by atoms with van der Waals surface area (Å²) in [5, 5.41) is 16.2. The highest BCUT2D eigenvalue weighted by Crippen LogP contribution is 2.35. The summed E-state index contributed by atoms with van der Waals surface area (Å²) in [5.41, 5.74) is 2.46. The number of fused-ring (bicyclic) bond motifs is 1. The van der Waals surface area contributed by atoms with Crippen molar-refractivity contribution in [2.24, 2.45) is 0 Å². The molecule has 0 aliphatic rings. The van der Waals surface area contributed by atoms with Crippen molar-refractivity contribution in [3.05, 3.63) is 71.7 Å². The lowest BCUT2D eigenvalue weighted by Gasteiger charge is -2.19. The summed E-state index contributed by atoms with van der Waals surface area (Å²) in [7, 11) is 0. The number of rotatable bonds is 5. The molecule has 0 fully saturated rings. The van der Waals surface area contributed by atoms with Gasteiger partial charge in [0.25, 0.3) is 5.91 Å². The summed E-state index contributed by atoms with van der Waals surface area (Å²) in [6.45, 7) is 3.39. The molecule has 0 saturated heterocycles. The molecule has 4 aromatic rings. The maximum absolute atomic E-state index is 12.9. The highest BCUT2D eigenvalue weighted by atomic mass is 19.3. The van der Waals surface area contributed by atoms with Crippen molar-refractivity contribution in [1.82, 2.24) is 9.78 Å². The zero-order valence-electron chi connectivity index (χ0n) is 18.1. The van der Waals surface area contributed by atoms with Gasteiger partial charge in [-0.2, -0.15) is 13.9 Å². The molecule has 0 radical (unpaired) electrons. The minimum atomic E-state index is -2.78. The van der Waals surface area contributed by atoms with Crippen molar-refractivity contribution in [3.8, 4) is 11.1 Å². The number of alkyl halides is 2. The lowest BCUT2D eigenvalue weighted by Crippen LogP contribution is -2.15. The van der Waals surface area contributed by atoms with E-state index in [1.165, 1.54) is 18.5 Å². The Morgan fingerprint density at radius 1 is 1.09 bits per heavy atom. The largest absolute Gasteiger partial charge is 0.475 e. The molecule has 0 aliphatic heterocycles. The van der Waals surface area contributed by atoms with Gasteiger partial charge in [-0.3, -0.25) is 4.79 Å². The number of carbonyl (C=O) groups excluding carboxylic acids is 1. The molecule has 2 N–H and O–H groups in total. The van der Waals surface area contributed by atoms with Crippen LogP contribution in [0, 0.1) is 0 Å². The smallest absolute Gasteiger partial charge is 0.374 e. The molecule has 170 valence electrons. The monoisotopic (exact) mass is 453 g/mol. The van der Waals surface area contributed by atoms with E-state index < -0.39 is 24.2 Å². The van der Waals surface area contributed by atoms with E-state index in [0.29, 0.717) is 26.8 Å². The molecular weight excluding hydrogens is 432 g/mol. The highest BCUT2D eigenvalue weighted by molar-refractivity contribution is 6.13. The number of halogens is 2. The van der Waals surface area contributed by atoms with Crippen LogP contribution in [-0.4, -0.2) is 26.8 Å². The third-order valence-corrected chi connectivity index (χ3v) is 5.27. The van der Waals surface area contributed by atoms with E-state index in [1.807, 2.05) is 12.1 Å². The Labute approximate surface area is 187 Å². The van der Waals surface area contributed by atoms with Gasteiger partial charge < -0.3 is 14.8 Å². The fourth-order valence-corrected chi connectivity index (χ4v) is 3.45. The molecule has 7 nitrogen and oxygen atoms in total. The van der Waals surface area contributed by atoms with Gasteiger partial charge in [-0.05, 0) is 40.8 Å². The van der Waals surface area contributed by atoms with Crippen LogP contribution in [0.25, 0.3) is 22.1 Å². The SMILES string of the molecule is CC(C)(C)c1ccc(C(=O)Nc2c(C(=O)O)oc3ccc(-c4cnn(C(F)F)c4)cc23)cc1. The third kappa shape index (κ3) is 4.34. The summed E-state index contributed by atoms with van der Waals surface area (Å²) in [4.78, 5) is 24.6. The van der Waals surface area contributed by atoms with Gasteiger partial charge in [0, 0.05) is 22.7 Å². The van der Waals surface area contributed by atoms with Crippen LogP contribution in [-0.2, 0) is 5.41 Å². The van der Waals surface area contributed by atoms with E-state index in [0.717, 1.165) is 5.56 Å². The molecule has 9 heteroatoms. The van der Waals surface area contributed by atoms with E-state index in [1.54, 1.807) is 24.3 Å². The molecule has 2 aromatic carbocycles. The van der Waals surface area contributed by atoms with Crippen LogP contribution in [0.4, 0.5) is 14.5 Å². The van der Waals surface area contributed by atoms with Gasteiger partial charge in [0.1, 0.15) is 11.3 Å². The quantitative estimate of drug-likeness (QED) is 0.390. The molecule has 33 heavy (non-hydrogen) atoms. The number of hydrogen-bond acceptors (Lipinski definition) is 4. The average Bonchev–Trinajstić information content (AvgIpc) is 3.38. The Kier molecular flexibility index (Phi) is 5.49. The van der Waals surface area contributed by atoms with Crippen molar-refractivity contribution in [2.75, 3.05) is 5.32 Å². The van der Waals surface area contributed by atoms with Gasteiger partial charge in [-0.25, -0.2) is 9.48 Å². The van der Waals surface area contributed by atoms with E-state index in [2.05, 4.69) is 31.2 Å². The summed E-state index contributed by atoms with van der Waals surface area (Å²) >= 11 is 0. The van der Waals surface area contributed by atoms with E-state index in [4.69, 9.17) is 4.42 Å².